The van der Waals surface area contributed by atoms with Crippen molar-refractivity contribution in [1.82, 2.24) is 20.4 Å². The van der Waals surface area contributed by atoms with Crippen LogP contribution in [0.3, 0.4) is 0 Å². The van der Waals surface area contributed by atoms with E-state index in [1.54, 1.807) is 0 Å². The monoisotopic (exact) mass is 327 g/mol. The third kappa shape index (κ3) is 10.6. The van der Waals surface area contributed by atoms with Gasteiger partial charge in [-0.15, -0.1) is 0 Å². The van der Waals surface area contributed by atoms with Crippen LogP contribution in [0.1, 0.15) is 54.9 Å². The van der Waals surface area contributed by atoms with Crippen LogP contribution in [0, 0.1) is 0 Å². The molecule has 0 aromatic carbocycles. The molecule has 0 aliphatic heterocycles. The first-order valence-electron chi connectivity index (χ1n) is 9.46. The molecule has 23 heavy (non-hydrogen) atoms. The van der Waals surface area contributed by atoms with Crippen LogP contribution in [-0.2, 0) is 0 Å². The first-order valence-corrected chi connectivity index (χ1v) is 9.46. The largest absolute Gasteiger partial charge is 0.357 e. The molecule has 0 aromatic heterocycles. The van der Waals surface area contributed by atoms with Crippen molar-refractivity contribution in [3.05, 3.63) is 0 Å². The van der Waals surface area contributed by atoms with Gasteiger partial charge < -0.3 is 15.5 Å². The number of hydrogen-bond donors (Lipinski definition) is 2. The quantitative estimate of drug-likeness (QED) is 0.328. The number of hydrogen-bond acceptors (Lipinski definition) is 3. The Kier molecular flexibility index (Phi) is 13.1. The van der Waals surface area contributed by atoms with Gasteiger partial charge in [-0.05, 0) is 54.1 Å². The SMILES string of the molecule is CCNC(=NCCCN(C(C)C)C(C)C)NCCN(CC)CC. The molecule has 0 aliphatic carbocycles. The van der Waals surface area contributed by atoms with E-state index in [4.69, 9.17) is 4.99 Å². The second kappa shape index (κ2) is 13.6. The molecule has 0 atom stereocenters. The Balaban J connectivity index is 4.20. The van der Waals surface area contributed by atoms with Crippen LogP contribution in [0.15, 0.2) is 4.99 Å². The van der Waals surface area contributed by atoms with Crippen molar-refractivity contribution < 1.29 is 0 Å². The zero-order valence-corrected chi connectivity index (χ0v) is 16.7. The summed E-state index contributed by atoms with van der Waals surface area (Å²) in [7, 11) is 0. The summed E-state index contributed by atoms with van der Waals surface area (Å²) in [5.41, 5.74) is 0. The molecule has 138 valence electrons. The minimum Gasteiger partial charge on any atom is -0.357 e. The number of guanidine groups is 1. The number of nitrogens with zero attached hydrogens (tertiary/aromatic N) is 3. The average molecular weight is 328 g/mol. The van der Waals surface area contributed by atoms with Gasteiger partial charge >= 0.3 is 0 Å². The molecule has 0 heterocycles. The van der Waals surface area contributed by atoms with Crippen LogP contribution in [0.2, 0.25) is 0 Å². The van der Waals surface area contributed by atoms with E-state index in [9.17, 15) is 0 Å². The zero-order valence-electron chi connectivity index (χ0n) is 16.7. The molecule has 5 nitrogen and oxygen atoms in total. The van der Waals surface area contributed by atoms with Crippen LogP contribution in [-0.4, -0.2) is 73.7 Å². The Morgan fingerprint density at radius 2 is 1.52 bits per heavy atom. The third-order valence-corrected chi connectivity index (χ3v) is 4.13. The summed E-state index contributed by atoms with van der Waals surface area (Å²) in [4.78, 5) is 9.64. The van der Waals surface area contributed by atoms with E-state index in [0.29, 0.717) is 12.1 Å². The molecule has 5 heteroatoms. The lowest BCUT2D eigenvalue weighted by Gasteiger charge is -2.30. The second-order valence-electron chi connectivity index (χ2n) is 6.49. The van der Waals surface area contributed by atoms with E-state index in [1.807, 2.05) is 0 Å². The maximum absolute atomic E-state index is 4.70. The van der Waals surface area contributed by atoms with E-state index in [2.05, 4.69) is 68.9 Å². The van der Waals surface area contributed by atoms with E-state index in [1.165, 1.54) is 0 Å². The maximum atomic E-state index is 4.70. The average Bonchev–Trinajstić information content (AvgIpc) is 2.50. The minimum atomic E-state index is 0.597. The number of likely N-dealkylation sites (N-methyl/N-ethyl adjacent to an activating group) is 1. The summed E-state index contributed by atoms with van der Waals surface area (Å²) in [5.74, 6) is 0.945. The Bertz CT molecular complexity index is 290. The smallest absolute Gasteiger partial charge is 0.191 e. The molecule has 2 N–H and O–H groups in total. The number of rotatable bonds is 12. The van der Waals surface area contributed by atoms with Gasteiger partial charge in [-0.2, -0.15) is 0 Å². The summed E-state index contributed by atoms with van der Waals surface area (Å²) in [5, 5.41) is 6.77. The molecule has 0 unspecified atom stereocenters. The fraction of sp³-hybridized carbons (Fsp3) is 0.944. The molecule has 0 radical (unpaired) electrons. The van der Waals surface area contributed by atoms with Crippen molar-refractivity contribution in [2.45, 2.75) is 67.0 Å². The fourth-order valence-corrected chi connectivity index (χ4v) is 2.77. The fourth-order valence-electron chi connectivity index (χ4n) is 2.77. The van der Waals surface area contributed by atoms with Gasteiger partial charge in [0.05, 0.1) is 0 Å². The Labute approximate surface area is 144 Å². The molecule has 0 aromatic rings. The summed E-state index contributed by atoms with van der Waals surface area (Å²) in [6.45, 7) is 22.7. The van der Waals surface area contributed by atoms with E-state index >= 15 is 0 Å². The molecule has 0 fully saturated rings. The van der Waals surface area contributed by atoms with Crippen LogP contribution in [0.25, 0.3) is 0 Å². The first-order chi connectivity index (χ1) is 11.0. The molecule has 0 spiro atoms. The highest BCUT2D eigenvalue weighted by Crippen LogP contribution is 2.05. The van der Waals surface area contributed by atoms with Crippen molar-refractivity contribution in [3.63, 3.8) is 0 Å². The predicted octanol–water partition coefficient (Wildman–Crippen LogP) is 2.39. The van der Waals surface area contributed by atoms with Crippen LogP contribution in [0.4, 0.5) is 0 Å². The molecule has 0 saturated heterocycles. The normalized spacial score (nSPS) is 12.7. The van der Waals surface area contributed by atoms with Gasteiger partial charge in [0.2, 0.25) is 0 Å². The maximum Gasteiger partial charge on any atom is 0.191 e. The van der Waals surface area contributed by atoms with Gasteiger partial charge in [0.1, 0.15) is 0 Å². The molecular weight excluding hydrogens is 286 g/mol. The lowest BCUT2D eigenvalue weighted by Crippen LogP contribution is -2.42. The van der Waals surface area contributed by atoms with E-state index < -0.39 is 0 Å². The van der Waals surface area contributed by atoms with Crippen molar-refractivity contribution in [2.75, 3.05) is 45.8 Å². The van der Waals surface area contributed by atoms with Crippen LogP contribution < -0.4 is 10.6 Å². The summed E-state index contributed by atoms with van der Waals surface area (Å²) in [6.07, 6.45) is 1.10. The van der Waals surface area contributed by atoms with Crippen molar-refractivity contribution >= 4 is 5.96 Å². The standard InChI is InChI=1S/C18H41N5/c1-8-19-18(21-13-15-22(9-2)10-3)20-12-11-14-23(16(4)5)17(6)7/h16-17H,8-15H2,1-7H3,(H2,19,20,21). The molecule has 0 amide bonds. The number of nitrogens with one attached hydrogen (secondary N) is 2. The summed E-state index contributed by atoms with van der Waals surface area (Å²) < 4.78 is 0. The molecular formula is C18H41N5. The Hall–Kier alpha value is -0.810. The zero-order chi connectivity index (χ0) is 17.7. The van der Waals surface area contributed by atoms with E-state index in [0.717, 1.165) is 58.2 Å². The van der Waals surface area contributed by atoms with Crippen LogP contribution >= 0.6 is 0 Å². The third-order valence-electron chi connectivity index (χ3n) is 4.13. The molecule has 0 saturated carbocycles. The Morgan fingerprint density at radius 3 is 2.00 bits per heavy atom. The van der Waals surface area contributed by atoms with Crippen molar-refractivity contribution in [2.24, 2.45) is 4.99 Å². The number of aliphatic imine (C=N–C) groups is 1. The van der Waals surface area contributed by atoms with Crippen LogP contribution in [0.5, 0.6) is 0 Å². The van der Waals surface area contributed by atoms with Gasteiger partial charge in [0.15, 0.2) is 5.96 Å². The highest BCUT2D eigenvalue weighted by Gasteiger charge is 2.12. The predicted molar refractivity (Wildman–Crippen MR) is 103 cm³/mol. The molecule has 0 aliphatic rings. The lowest BCUT2D eigenvalue weighted by molar-refractivity contribution is 0.174. The Morgan fingerprint density at radius 1 is 0.913 bits per heavy atom. The van der Waals surface area contributed by atoms with Gasteiger partial charge in [-0.25, -0.2) is 0 Å². The van der Waals surface area contributed by atoms with Gasteiger partial charge in [0.25, 0.3) is 0 Å². The van der Waals surface area contributed by atoms with Gasteiger partial charge in [-0.1, -0.05) is 13.8 Å². The first kappa shape index (κ1) is 22.2. The topological polar surface area (TPSA) is 42.9 Å². The molecule has 0 bridgehead atoms. The van der Waals surface area contributed by atoms with Gasteiger partial charge in [-0.3, -0.25) is 9.89 Å². The highest BCUT2D eigenvalue weighted by atomic mass is 15.2. The lowest BCUT2D eigenvalue weighted by atomic mass is 10.2. The molecule has 0 rings (SSSR count). The van der Waals surface area contributed by atoms with Crippen molar-refractivity contribution in [3.8, 4) is 0 Å². The minimum absolute atomic E-state index is 0.597. The highest BCUT2D eigenvalue weighted by molar-refractivity contribution is 5.79. The van der Waals surface area contributed by atoms with Gasteiger partial charge in [0, 0.05) is 44.8 Å². The van der Waals surface area contributed by atoms with Crippen molar-refractivity contribution in [1.29, 1.82) is 0 Å². The summed E-state index contributed by atoms with van der Waals surface area (Å²) in [6, 6.07) is 1.19. The summed E-state index contributed by atoms with van der Waals surface area (Å²) >= 11 is 0. The second-order valence-corrected chi connectivity index (χ2v) is 6.49. The van der Waals surface area contributed by atoms with E-state index in [-0.39, 0.29) is 0 Å².